The van der Waals surface area contributed by atoms with E-state index in [1.807, 2.05) is 12.3 Å². The zero-order chi connectivity index (χ0) is 17.1. The zero-order valence-corrected chi connectivity index (χ0v) is 13.8. The van der Waals surface area contributed by atoms with Crippen molar-refractivity contribution in [3.05, 3.63) is 53.3 Å². The van der Waals surface area contributed by atoms with Gasteiger partial charge in [-0.25, -0.2) is 9.97 Å². The van der Waals surface area contributed by atoms with E-state index < -0.39 is 0 Å². The largest absolute Gasteiger partial charge is 0.463 e. The number of nitrogen functional groups attached to an aromatic ring is 1. The summed E-state index contributed by atoms with van der Waals surface area (Å²) >= 11 is 0. The minimum atomic E-state index is -0.0186. The summed E-state index contributed by atoms with van der Waals surface area (Å²) in [5, 5.41) is 0. The van der Waals surface area contributed by atoms with Gasteiger partial charge in [0, 0.05) is 36.1 Å². The summed E-state index contributed by atoms with van der Waals surface area (Å²) in [6.45, 7) is 4.91. The highest BCUT2D eigenvalue weighted by Gasteiger charge is 2.14. The van der Waals surface area contributed by atoms with Crippen LogP contribution in [0.15, 0.2) is 52.1 Å². The molecule has 3 rings (SSSR count). The van der Waals surface area contributed by atoms with E-state index in [1.165, 1.54) is 0 Å². The van der Waals surface area contributed by atoms with Crippen molar-refractivity contribution in [1.29, 1.82) is 0 Å². The topological polar surface area (TPSA) is 86.9 Å². The Kier molecular flexibility index (Phi) is 4.46. The van der Waals surface area contributed by atoms with Crippen molar-refractivity contribution in [2.75, 3.05) is 5.73 Å². The van der Waals surface area contributed by atoms with E-state index in [0.717, 1.165) is 17.5 Å². The molecule has 0 radical (unpaired) electrons. The van der Waals surface area contributed by atoms with Crippen LogP contribution >= 0.6 is 0 Å². The predicted molar refractivity (Wildman–Crippen MR) is 93.3 cm³/mol. The standard InChI is InChI=1S/C18H20N4O2/c1-3-12(2)10-22-11-13(6-7-16(22)23)14-9-20-18(19)21-17(14)15-5-4-8-24-15/h4-9,11-12H,3,10H2,1-2H3,(H2,19,20,21). The molecule has 1 unspecified atom stereocenters. The van der Waals surface area contributed by atoms with Gasteiger partial charge in [0.25, 0.3) is 5.56 Å². The van der Waals surface area contributed by atoms with Crippen LogP contribution in [0, 0.1) is 5.92 Å². The van der Waals surface area contributed by atoms with Crippen LogP contribution in [0.2, 0.25) is 0 Å². The Morgan fingerprint density at radius 2 is 2.17 bits per heavy atom. The first-order valence-electron chi connectivity index (χ1n) is 7.95. The van der Waals surface area contributed by atoms with Crippen LogP contribution in [0.4, 0.5) is 5.95 Å². The molecule has 0 amide bonds. The number of hydrogen-bond donors (Lipinski definition) is 1. The van der Waals surface area contributed by atoms with Gasteiger partial charge in [0.1, 0.15) is 5.69 Å². The van der Waals surface area contributed by atoms with Crippen LogP contribution < -0.4 is 11.3 Å². The lowest BCUT2D eigenvalue weighted by Crippen LogP contribution is -2.21. The summed E-state index contributed by atoms with van der Waals surface area (Å²) in [7, 11) is 0. The van der Waals surface area contributed by atoms with Gasteiger partial charge in [0.15, 0.2) is 5.76 Å². The molecule has 0 aliphatic carbocycles. The maximum atomic E-state index is 12.1. The van der Waals surface area contributed by atoms with Crippen LogP contribution in [0.25, 0.3) is 22.6 Å². The molecular formula is C18H20N4O2. The molecular weight excluding hydrogens is 304 g/mol. The molecule has 0 saturated heterocycles. The number of pyridine rings is 1. The van der Waals surface area contributed by atoms with E-state index in [2.05, 4.69) is 23.8 Å². The molecule has 0 aromatic carbocycles. The molecule has 3 aromatic heterocycles. The highest BCUT2D eigenvalue weighted by atomic mass is 16.3. The zero-order valence-electron chi connectivity index (χ0n) is 13.8. The van der Waals surface area contributed by atoms with Crippen molar-refractivity contribution in [3.63, 3.8) is 0 Å². The SMILES string of the molecule is CCC(C)Cn1cc(-c2cnc(N)nc2-c2ccco2)ccc1=O. The van der Waals surface area contributed by atoms with Crippen molar-refractivity contribution < 1.29 is 4.42 Å². The highest BCUT2D eigenvalue weighted by Crippen LogP contribution is 2.30. The average molecular weight is 324 g/mol. The van der Waals surface area contributed by atoms with Gasteiger partial charge >= 0.3 is 0 Å². The van der Waals surface area contributed by atoms with Crippen LogP contribution in [-0.2, 0) is 6.54 Å². The van der Waals surface area contributed by atoms with E-state index in [4.69, 9.17) is 10.2 Å². The fourth-order valence-corrected chi connectivity index (χ4v) is 2.51. The molecule has 3 heterocycles. The first-order chi connectivity index (χ1) is 11.6. The smallest absolute Gasteiger partial charge is 0.250 e. The number of nitrogens with two attached hydrogens (primary N) is 1. The Balaban J connectivity index is 2.10. The minimum Gasteiger partial charge on any atom is -0.463 e. The molecule has 124 valence electrons. The Morgan fingerprint density at radius 1 is 1.33 bits per heavy atom. The molecule has 0 fully saturated rings. The summed E-state index contributed by atoms with van der Waals surface area (Å²) in [4.78, 5) is 20.5. The summed E-state index contributed by atoms with van der Waals surface area (Å²) in [5.74, 6) is 1.21. The third kappa shape index (κ3) is 3.22. The monoisotopic (exact) mass is 324 g/mol. The van der Waals surface area contributed by atoms with Gasteiger partial charge in [-0.05, 0) is 24.1 Å². The normalized spacial score (nSPS) is 12.2. The molecule has 0 aliphatic rings. The average Bonchev–Trinajstić information content (AvgIpc) is 3.11. The maximum absolute atomic E-state index is 12.1. The van der Waals surface area contributed by atoms with Crippen LogP contribution in [0.3, 0.4) is 0 Å². The van der Waals surface area contributed by atoms with E-state index in [0.29, 0.717) is 23.9 Å². The van der Waals surface area contributed by atoms with Crippen molar-refractivity contribution in [2.24, 2.45) is 5.92 Å². The van der Waals surface area contributed by atoms with Crippen LogP contribution in [0.5, 0.6) is 0 Å². The van der Waals surface area contributed by atoms with Crippen LogP contribution in [-0.4, -0.2) is 14.5 Å². The number of nitrogens with zero attached hydrogens (tertiary/aromatic N) is 3. The van der Waals surface area contributed by atoms with Gasteiger partial charge in [-0.1, -0.05) is 20.3 Å². The number of rotatable bonds is 5. The predicted octanol–water partition coefficient (Wildman–Crippen LogP) is 3.19. The molecule has 1 atom stereocenters. The van der Waals surface area contributed by atoms with Gasteiger partial charge in [0.05, 0.1) is 6.26 Å². The van der Waals surface area contributed by atoms with E-state index in [-0.39, 0.29) is 11.5 Å². The molecule has 2 N–H and O–H groups in total. The molecule has 3 aromatic rings. The van der Waals surface area contributed by atoms with Crippen molar-refractivity contribution in [2.45, 2.75) is 26.8 Å². The van der Waals surface area contributed by atoms with Gasteiger partial charge < -0.3 is 14.7 Å². The second-order valence-electron chi connectivity index (χ2n) is 5.89. The fraction of sp³-hybridized carbons (Fsp3) is 0.278. The third-order valence-electron chi connectivity index (χ3n) is 4.06. The van der Waals surface area contributed by atoms with Crippen molar-refractivity contribution in [3.8, 4) is 22.6 Å². The number of anilines is 1. The molecule has 0 saturated carbocycles. The number of furan rings is 1. The lowest BCUT2D eigenvalue weighted by molar-refractivity contribution is 0.460. The van der Waals surface area contributed by atoms with E-state index >= 15 is 0 Å². The van der Waals surface area contributed by atoms with E-state index in [9.17, 15) is 4.79 Å². The van der Waals surface area contributed by atoms with Crippen molar-refractivity contribution >= 4 is 5.95 Å². The molecule has 0 aliphatic heterocycles. The lowest BCUT2D eigenvalue weighted by atomic mass is 10.1. The summed E-state index contributed by atoms with van der Waals surface area (Å²) in [6, 6.07) is 6.96. The second-order valence-corrected chi connectivity index (χ2v) is 5.89. The Labute approximate surface area is 140 Å². The Hall–Kier alpha value is -2.89. The minimum absolute atomic E-state index is 0.0186. The van der Waals surface area contributed by atoms with Gasteiger partial charge in [-0.15, -0.1) is 0 Å². The molecule has 24 heavy (non-hydrogen) atoms. The summed E-state index contributed by atoms with van der Waals surface area (Å²) < 4.78 is 7.19. The summed E-state index contributed by atoms with van der Waals surface area (Å²) in [5.41, 5.74) is 7.95. The lowest BCUT2D eigenvalue weighted by Gasteiger charge is -2.13. The molecule has 0 spiro atoms. The van der Waals surface area contributed by atoms with Crippen LogP contribution in [0.1, 0.15) is 20.3 Å². The first-order valence-corrected chi connectivity index (χ1v) is 7.95. The van der Waals surface area contributed by atoms with Gasteiger partial charge in [-0.3, -0.25) is 4.79 Å². The Bertz CT molecular complexity index is 884. The fourth-order valence-electron chi connectivity index (χ4n) is 2.51. The number of aromatic nitrogens is 3. The summed E-state index contributed by atoms with van der Waals surface area (Å²) in [6.07, 6.45) is 6.10. The molecule has 6 nitrogen and oxygen atoms in total. The quantitative estimate of drug-likeness (QED) is 0.779. The number of hydrogen-bond acceptors (Lipinski definition) is 5. The maximum Gasteiger partial charge on any atom is 0.250 e. The first kappa shape index (κ1) is 16.0. The molecule has 6 heteroatoms. The third-order valence-corrected chi connectivity index (χ3v) is 4.06. The van der Waals surface area contributed by atoms with Gasteiger partial charge in [-0.2, -0.15) is 0 Å². The second kappa shape index (κ2) is 6.70. The molecule has 0 bridgehead atoms. The van der Waals surface area contributed by atoms with E-state index in [1.54, 1.807) is 35.2 Å². The Morgan fingerprint density at radius 3 is 2.88 bits per heavy atom. The van der Waals surface area contributed by atoms with Gasteiger partial charge in [0.2, 0.25) is 5.95 Å². The van der Waals surface area contributed by atoms with Crippen molar-refractivity contribution in [1.82, 2.24) is 14.5 Å². The highest BCUT2D eigenvalue weighted by molar-refractivity contribution is 5.78.